The molecule has 1 fully saturated rings. The van der Waals surface area contributed by atoms with E-state index in [1.54, 1.807) is 12.0 Å². The minimum Gasteiger partial charge on any atom is -0.382 e. The Hall–Kier alpha value is -0.690. The van der Waals surface area contributed by atoms with Crippen molar-refractivity contribution in [3.63, 3.8) is 0 Å². The Morgan fingerprint density at radius 2 is 1.89 bits per heavy atom. The van der Waals surface area contributed by atoms with Crippen molar-refractivity contribution in [1.82, 2.24) is 10.2 Å². The summed E-state index contributed by atoms with van der Waals surface area (Å²) < 4.78 is 15.5. The van der Waals surface area contributed by atoms with Crippen LogP contribution >= 0.6 is 0 Å². The van der Waals surface area contributed by atoms with Gasteiger partial charge in [0.1, 0.15) is 0 Å². The summed E-state index contributed by atoms with van der Waals surface area (Å²) in [5.74, 6) is 0.179. The molecule has 0 aliphatic carbocycles. The number of carbonyl (C=O) groups excluding carboxylic acids is 1. The Labute approximate surface area is 109 Å². The van der Waals surface area contributed by atoms with E-state index in [1.807, 2.05) is 7.05 Å². The number of ether oxygens (including phenoxy) is 3. The van der Waals surface area contributed by atoms with Crippen LogP contribution in [0.4, 0.5) is 0 Å². The molecule has 0 bridgehead atoms. The molecule has 1 heterocycles. The van der Waals surface area contributed by atoms with Crippen LogP contribution in [0.5, 0.6) is 0 Å². The summed E-state index contributed by atoms with van der Waals surface area (Å²) in [4.78, 5) is 13.3. The van der Waals surface area contributed by atoms with Crippen LogP contribution in [0, 0.1) is 0 Å². The predicted octanol–water partition coefficient (Wildman–Crippen LogP) is -0.514. The van der Waals surface area contributed by atoms with Gasteiger partial charge in [0.25, 0.3) is 0 Å². The maximum absolute atomic E-state index is 11.6. The molecule has 1 amide bonds. The molecule has 106 valence electrons. The van der Waals surface area contributed by atoms with E-state index in [-0.39, 0.29) is 11.9 Å². The average molecular weight is 260 g/mol. The van der Waals surface area contributed by atoms with Crippen LogP contribution in [0.1, 0.15) is 6.42 Å². The third kappa shape index (κ3) is 5.77. The molecule has 0 saturated carbocycles. The van der Waals surface area contributed by atoms with Gasteiger partial charge in [-0.2, -0.15) is 0 Å². The van der Waals surface area contributed by atoms with Gasteiger partial charge >= 0.3 is 0 Å². The van der Waals surface area contributed by atoms with Gasteiger partial charge in [-0.15, -0.1) is 0 Å². The Morgan fingerprint density at radius 3 is 2.50 bits per heavy atom. The van der Waals surface area contributed by atoms with E-state index in [2.05, 4.69) is 5.32 Å². The van der Waals surface area contributed by atoms with Gasteiger partial charge in [0.2, 0.25) is 5.91 Å². The summed E-state index contributed by atoms with van der Waals surface area (Å²) in [6.45, 7) is 4.49. The smallest absolute Gasteiger partial charge is 0.239 e. The van der Waals surface area contributed by atoms with Crippen LogP contribution in [-0.4, -0.2) is 77.1 Å². The fourth-order valence-corrected chi connectivity index (χ4v) is 1.78. The molecule has 0 aromatic heterocycles. The normalized spacial score (nSPS) is 19.8. The minimum atomic E-state index is -0.0310. The molecule has 1 N–H and O–H groups in total. The highest BCUT2D eigenvalue weighted by Crippen LogP contribution is 2.07. The number of rotatable bonds is 10. The topological polar surface area (TPSA) is 60.0 Å². The summed E-state index contributed by atoms with van der Waals surface area (Å²) in [6, 6.07) is -0.0310. The zero-order valence-electron chi connectivity index (χ0n) is 11.3. The number of hydrogen-bond acceptors (Lipinski definition) is 5. The summed E-state index contributed by atoms with van der Waals surface area (Å²) in [6.07, 6.45) is 0.884. The third-order valence-corrected chi connectivity index (χ3v) is 2.87. The van der Waals surface area contributed by atoms with E-state index < -0.39 is 0 Å². The lowest BCUT2D eigenvalue weighted by Gasteiger charge is -2.12. The lowest BCUT2D eigenvalue weighted by Crippen LogP contribution is -2.38. The first-order chi connectivity index (χ1) is 8.75. The Morgan fingerprint density at radius 1 is 1.22 bits per heavy atom. The molecule has 1 saturated heterocycles. The largest absolute Gasteiger partial charge is 0.382 e. The molecule has 1 rings (SSSR count). The van der Waals surface area contributed by atoms with Crippen molar-refractivity contribution < 1.29 is 19.0 Å². The predicted molar refractivity (Wildman–Crippen MR) is 67.6 cm³/mol. The molecule has 6 heteroatoms. The number of nitrogens with zero attached hydrogens (tertiary/aromatic N) is 1. The minimum absolute atomic E-state index is 0.0310. The molecule has 0 aromatic rings. The Bertz CT molecular complexity index is 238. The molecule has 0 radical (unpaired) electrons. The molecule has 6 nitrogen and oxygen atoms in total. The van der Waals surface area contributed by atoms with Crippen molar-refractivity contribution in [3.8, 4) is 0 Å². The lowest BCUT2D eigenvalue weighted by atomic mass is 10.2. The number of hydrogen-bond donors (Lipinski definition) is 1. The molecule has 1 aliphatic rings. The number of methoxy groups -OCH3 is 1. The number of likely N-dealkylation sites (tertiary alicyclic amines) is 1. The Balaban J connectivity index is 1.86. The van der Waals surface area contributed by atoms with Crippen LogP contribution in [0.15, 0.2) is 0 Å². The number of carbonyl (C=O) groups is 1. The average Bonchev–Trinajstić information content (AvgIpc) is 2.68. The first-order valence-corrected chi connectivity index (χ1v) is 6.38. The first kappa shape index (κ1) is 15.4. The fourth-order valence-electron chi connectivity index (χ4n) is 1.78. The van der Waals surface area contributed by atoms with E-state index in [1.165, 1.54) is 0 Å². The highest BCUT2D eigenvalue weighted by Gasteiger charge is 2.27. The number of likely N-dealkylation sites (N-methyl/N-ethyl adjacent to an activating group) is 1. The van der Waals surface area contributed by atoms with Gasteiger partial charge in [0.05, 0.1) is 39.1 Å². The molecule has 0 aromatic carbocycles. The first-order valence-electron chi connectivity index (χ1n) is 6.38. The van der Waals surface area contributed by atoms with Gasteiger partial charge in [0, 0.05) is 27.2 Å². The molecule has 1 aliphatic heterocycles. The molecule has 0 spiro atoms. The van der Waals surface area contributed by atoms with Gasteiger partial charge in [-0.1, -0.05) is 0 Å². The van der Waals surface area contributed by atoms with Crippen molar-refractivity contribution in [1.29, 1.82) is 0 Å². The molecular formula is C12H24N2O4. The van der Waals surface area contributed by atoms with Crippen molar-refractivity contribution in [3.05, 3.63) is 0 Å². The second kappa shape index (κ2) is 9.27. The molecular weight excluding hydrogens is 236 g/mol. The summed E-state index contributed by atoms with van der Waals surface area (Å²) in [5.41, 5.74) is 0. The number of amides is 1. The molecule has 1 unspecified atom stereocenters. The molecule has 18 heavy (non-hydrogen) atoms. The highest BCUT2D eigenvalue weighted by atomic mass is 16.5. The second-order valence-corrected chi connectivity index (χ2v) is 4.27. The van der Waals surface area contributed by atoms with E-state index in [4.69, 9.17) is 14.2 Å². The molecule has 1 atom stereocenters. The van der Waals surface area contributed by atoms with Gasteiger partial charge in [-0.05, 0) is 6.42 Å². The van der Waals surface area contributed by atoms with Crippen molar-refractivity contribution >= 4 is 5.91 Å². The van der Waals surface area contributed by atoms with E-state index >= 15 is 0 Å². The number of nitrogens with one attached hydrogen (secondary N) is 1. The quantitative estimate of drug-likeness (QED) is 0.536. The van der Waals surface area contributed by atoms with Crippen molar-refractivity contribution in [2.24, 2.45) is 0 Å². The fraction of sp³-hybridized carbons (Fsp3) is 0.917. The highest BCUT2D eigenvalue weighted by molar-refractivity contribution is 5.83. The third-order valence-electron chi connectivity index (χ3n) is 2.87. The van der Waals surface area contributed by atoms with Crippen LogP contribution in [0.3, 0.4) is 0 Å². The van der Waals surface area contributed by atoms with Crippen LogP contribution in [0.25, 0.3) is 0 Å². The lowest BCUT2D eigenvalue weighted by molar-refractivity contribution is -0.128. The maximum atomic E-state index is 11.6. The maximum Gasteiger partial charge on any atom is 0.239 e. The zero-order valence-corrected chi connectivity index (χ0v) is 11.3. The van der Waals surface area contributed by atoms with Gasteiger partial charge < -0.3 is 24.4 Å². The van der Waals surface area contributed by atoms with Crippen LogP contribution in [0.2, 0.25) is 0 Å². The van der Waals surface area contributed by atoms with Gasteiger partial charge in [-0.3, -0.25) is 4.79 Å². The van der Waals surface area contributed by atoms with Gasteiger partial charge in [-0.25, -0.2) is 0 Å². The Kier molecular flexibility index (Phi) is 7.91. The summed E-state index contributed by atoms with van der Waals surface area (Å²) >= 11 is 0. The standard InChI is InChI=1S/C12H24N2O4/c1-14-5-3-11(12(14)15)13-4-6-17-9-10-18-8-7-16-2/h11,13H,3-10H2,1-2H3. The van der Waals surface area contributed by atoms with Crippen LogP contribution < -0.4 is 5.32 Å². The van der Waals surface area contributed by atoms with Crippen LogP contribution in [-0.2, 0) is 19.0 Å². The second-order valence-electron chi connectivity index (χ2n) is 4.27. The zero-order chi connectivity index (χ0) is 13.2. The SMILES string of the molecule is COCCOCCOCCNC1CCN(C)C1=O. The van der Waals surface area contributed by atoms with Gasteiger partial charge in [0.15, 0.2) is 0 Å². The summed E-state index contributed by atoms with van der Waals surface area (Å²) in [5, 5.41) is 3.20. The summed E-state index contributed by atoms with van der Waals surface area (Å²) in [7, 11) is 3.48. The monoisotopic (exact) mass is 260 g/mol. The van der Waals surface area contributed by atoms with E-state index in [0.717, 1.165) is 13.0 Å². The van der Waals surface area contributed by atoms with E-state index in [0.29, 0.717) is 39.6 Å². The van der Waals surface area contributed by atoms with E-state index in [9.17, 15) is 4.79 Å². The van der Waals surface area contributed by atoms with Crippen molar-refractivity contribution in [2.75, 3.05) is 60.3 Å². The van der Waals surface area contributed by atoms with Crippen molar-refractivity contribution in [2.45, 2.75) is 12.5 Å².